The van der Waals surface area contributed by atoms with Crippen molar-refractivity contribution in [2.24, 2.45) is 0 Å². The molecule has 0 aliphatic carbocycles. The van der Waals surface area contributed by atoms with E-state index in [1.54, 1.807) is 13.4 Å². The summed E-state index contributed by atoms with van der Waals surface area (Å²) in [6, 6.07) is 10.3. The average Bonchev–Trinajstić information content (AvgIpc) is 3.09. The van der Waals surface area contributed by atoms with Crippen LogP contribution in [0.25, 0.3) is 0 Å². The van der Waals surface area contributed by atoms with Gasteiger partial charge in [-0.15, -0.1) is 10.2 Å². The van der Waals surface area contributed by atoms with Crippen molar-refractivity contribution in [3.8, 4) is 0 Å². The standard InChI is InChI=1S/C18H24N4O2/c1-24-11-9-17(23)21-10-5-8-16(13-21)18-20-19-14-22(18)12-15-6-3-2-4-7-15/h2-4,6-7,14,16H,5,8-13H2,1H3/t16-/m0/s1. The zero-order valence-corrected chi connectivity index (χ0v) is 14.1. The molecule has 0 spiro atoms. The van der Waals surface area contributed by atoms with Crippen molar-refractivity contribution in [3.63, 3.8) is 0 Å². The van der Waals surface area contributed by atoms with Crippen molar-refractivity contribution in [1.82, 2.24) is 19.7 Å². The maximum Gasteiger partial charge on any atom is 0.224 e. The topological polar surface area (TPSA) is 60.2 Å². The lowest BCUT2D eigenvalue weighted by Gasteiger charge is -2.32. The Hall–Kier alpha value is -2.21. The molecule has 1 aliphatic heterocycles. The van der Waals surface area contributed by atoms with Crippen LogP contribution in [0.1, 0.15) is 36.6 Å². The predicted octanol–water partition coefficient (Wildman–Crippen LogP) is 2.07. The third-order valence-corrected chi connectivity index (χ3v) is 4.50. The number of nitrogens with zero attached hydrogens (tertiary/aromatic N) is 4. The highest BCUT2D eigenvalue weighted by Crippen LogP contribution is 2.26. The summed E-state index contributed by atoms with van der Waals surface area (Å²) in [6.07, 6.45) is 4.27. The summed E-state index contributed by atoms with van der Waals surface area (Å²) < 4.78 is 7.11. The van der Waals surface area contributed by atoms with E-state index in [2.05, 4.69) is 26.9 Å². The van der Waals surface area contributed by atoms with Crippen LogP contribution in [0.5, 0.6) is 0 Å². The molecule has 1 aromatic carbocycles. The van der Waals surface area contributed by atoms with Gasteiger partial charge in [-0.05, 0) is 18.4 Å². The molecule has 0 saturated carbocycles. The van der Waals surface area contributed by atoms with E-state index in [-0.39, 0.29) is 11.8 Å². The van der Waals surface area contributed by atoms with Gasteiger partial charge >= 0.3 is 0 Å². The summed E-state index contributed by atoms with van der Waals surface area (Å²) in [4.78, 5) is 14.2. The van der Waals surface area contributed by atoms with Gasteiger partial charge in [0.2, 0.25) is 5.91 Å². The Morgan fingerprint density at radius 3 is 2.96 bits per heavy atom. The van der Waals surface area contributed by atoms with Crippen LogP contribution in [0.2, 0.25) is 0 Å². The number of carbonyl (C=O) groups is 1. The zero-order chi connectivity index (χ0) is 16.8. The van der Waals surface area contributed by atoms with Gasteiger partial charge in [0.05, 0.1) is 19.6 Å². The van der Waals surface area contributed by atoms with E-state index < -0.39 is 0 Å². The number of ether oxygens (including phenoxy) is 1. The van der Waals surface area contributed by atoms with E-state index in [1.807, 2.05) is 23.1 Å². The molecule has 24 heavy (non-hydrogen) atoms. The molecule has 6 heteroatoms. The number of hydrogen-bond donors (Lipinski definition) is 0. The van der Waals surface area contributed by atoms with E-state index >= 15 is 0 Å². The lowest BCUT2D eigenvalue weighted by atomic mass is 9.96. The highest BCUT2D eigenvalue weighted by molar-refractivity contribution is 5.76. The van der Waals surface area contributed by atoms with E-state index in [1.165, 1.54) is 5.56 Å². The monoisotopic (exact) mass is 328 g/mol. The van der Waals surface area contributed by atoms with Crippen LogP contribution in [0.4, 0.5) is 0 Å². The number of methoxy groups -OCH3 is 1. The average molecular weight is 328 g/mol. The van der Waals surface area contributed by atoms with Crippen molar-refractivity contribution in [2.45, 2.75) is 31.7 Å². The fraction of sp³-hybridized carbons (Fsp3) is 0.500. The molecular weight excluding hydrogens is 304 g/mol. The fourth-order valence-corrected chi connectivity index (χ4v) is 3.24. The largest absolute Gasteiger partial charge is 0.384 e. The summed E-state index contributed by atoms with van der Waals surface area (Å²) in [6.45, 7) is 2.78. The highest BCUT2D eigenvalue weighted by atomic mass is 16.5. The summed E-state index contributed by atoms with van der Waals surface area (Å²) in [5.74, 6) is 1.38. The van der Waals surface area contributed by atoms with Crippen LogP contribution < -0.4 is 0 Å². The smallest absolute Gasteiger partial charge is 0.224 e. The van der Waals surface area contributed by atoms with Crippen molar-refractivity contribution < 1.29 is 9.53 Å². The second kappa shape index (κ2) is 8.06. The van der Waals surface area contributed by atoms with Gasteiger partial charge in [-0.2, -0.15) is 0 Å². The number of carbonyl (C=O) groups excluding carboxylic acids is 1. The van der Waals surface area contributed by atoms with Crippen LogP contribution in [-0.4, -0.2) is 52.4 Å². The van der Waals surface area contributed by atoms with Gasteiger partial charge in [-0.1, -0.05) is 30.3 Å². The lowest BCUT2D eigenvalue weighted by molar-refractivity contribution is -0.133. The van der Waals surface area contributed by atoms with Gasteiger partial charge in [0, 0.05) is 26.1 Å². The normalized spacial score (nSPS) is 17.9. The number of amides is 1. The molecule has 1 saturated heterocycles. The van der Waals surface area contributed by atoms with E-state index in [9.17, 15) is 4.79 Å². The van der Waals surface area contributed by atoms with Gasteiger partial charge in [-0.25, -0.2) is 0 Å². The van der Waals surface area contributed by atoms with Gasteiger partial charge in [0.25, 0.3) is 0 Å². The van der Waals surface area contributed by atoms with Crippen LogP contribution in [0, 0.1) is 0 Å². The molecule has 0 unspecified atom stereocenters. The molecule has 1 amide bonds. The van der Waals surface area contributed by atoms with Gasteiger partial charge in [0.15, 0.2) is 0 Å². The van der Waals surface area contributed by atoms with Crippen molar-refractivity contribution in [1.29, 1.82) is 0 Å². The third kappa shape index (κ3) is 4.00. The maximum absolute atomic E-state index is 12.3. The second-order valence-electron chi connectivity index (χ2n) is 6.22. The molecule has 1 atom stereocenters. The predicted molar refractivity (Wildman–Crippen MR) is 90.6 cm³/mol. The minimum absolute atomic E-state index is 0.163. The molecular formula is C18H24N4O2. The molecule has 1 aliphatic rings. The number of aromatic nitrogens is 3. The second-order valence-corrected chi connectivity index (χ2v) is 6.22. The van der Waals surface area contributed by atoms with Gasteiger partial charge in [-0.3, -0.25) is 4.79 Å². The molecule has 2 heterocycles. The van der Waals surface area contributed by atoms with Crippen LogP contribution in [0.3, 0.4) is 0 Å². The van der Waals surface area contributed by atoms with Crippen molar-refractivity contribution in [2.75, 3.05) is 26.8 Å². The molecule has 6 nitrogen and oxygen atoms in total. The van der Waals surface area contributed by atoms with E-state index in [4.69, 9.17) is 4.74 Å². The summed E-state index contributed by atoms with van der Waals surface area (Å²) >= 11 is 0. The minimum atomic E-state index is 0.163. The summed E-state index contributed by atoms with van der Waals surface area (Å²) in [7, 11) is 1.62. The zero-order valence-electron chi connectivity index (χ0n) is 14.1. The van der Waals surface area contributed by atoms with Gasteiger partial charge in [0.1, 0.15) is 12.2 Å². The Labute approximate surface area is 142 Å². The Morgan fingerprint density at radius 2 is 2.17 bits per heavy atom. The van der Waals surface area contributed by atoms with E-state index in [0.29, 0.717) is 13.0 Å². The molecule has 0 N–H and O–H groups in total. The Balaban J connectivity index is 1.68. The molecule has 1 aromatic heterocycles. The first kappa shape index (κ1) is 16.6. The minimum Gasteiger partial charge on any atom is -0.384 e. The van der Waals surface area contributed by atoms with Crippen LogP contribution in [0.15, 0.2) is 36.7 Å². The first-order valence-electron chi connectivity index (χ1n) is 8.46. The quantitative estimate of drug-likeness (QED) is 0.814. The van der Waals surface area contributed by atoms with Crippen molar-refractivity contribution >= 4 is 5.91 Å². The van der Waals surface area contributed by atoms with Crippen molar-refractivity contribution in [3.05, 3.63) is 48.0 Å². The molecule has 0 radical (unpaired) electrons. The first-order valence-corrected chi connectivity index (χ1v) is 8.46. The summed E-state index contributed by atoms with van der Waals surface area (Å²) in [5.41, 5.74) is 1.22. The Kier molecular flexibility index (Phi) is 5.59. The molecule has 0 bridgehead atoms. The lowest BCUT2D eigenvalue weighted by Crippen LogP contribution is -2.40. The Morgan fingerprint density at radius 1 is 1.33 bits per heavy atom. The van der Waals surface area contributed by atoms with Crippen LogP contribution >= 0.6 is 0 Å². The highest BCUT2D eigenvalue weighted by Gasteiger charge is 2.27. The first-order chi connectivity index (χ1) is 11.8. The number of likely N-dealkylation sites (tertiary alicyclic amines) is 1. The van der Waals surface area contributed by atoms with Crippen LogP contribution in [-0.2, 0) is 16.1 Å². The number of rotatable bonds is 6. The number of piperidine rings is 1. The van der Waals surface area contributed by atoms with E-state index in [0.717, 1.165) is 38.3 Å². The number of hydrogen-bond acceptors (Lipinski definition) is 4. The maximum atomic E-state index is 12.3. The fourth-order valence-electron chi connectivity index (χ4n) is 3.24. The molecule has 3 rings (SSSR count). The number of benzene rings is 1. The Bertz CT molecular complexity index is 656. The molecule has 2 aromatic rings. The van der Waals surface area contributed by atoms with Gasteiger partial charge < -0.3 is 14.2 Å². The molecule has 1 fully saturated rings. The third-order valence-electron chi connectivity index (χ3n) is 4.50. The SMILES string of the molecule is COCCC(=O)N1CCC[C@H](c2nncn2Cc2ccccc2)C1. The summed E-state index contributed by atoms with van der Waals surface area (Å²) in [5, 5.41) is 8.44. The molecule has 128 valence electrons.